The number of phosphoric acid groups is 1. The first-order valence-electron chi connectivity index (χ1n) is 22.5. The smallest absolute Gasteiger partial charge is 0.394 e. The minimum Gasteiger partial charge on any atom is -0.394 e. The Kier molecular flexibility index (Phi) is 21.4. The third-order valence-corrected chi connectivity index (χ3v) is 13.4. The third-order valence-electron chi connectivity index (χ3n) is 13.0. The molecule has 12 unspecified atom stereocenters. The second-order valence-corrected chi connectivity index (χ2v) is 19.0. The van der Waals surface area contributed by atoms with E-state index in [0.29, 0.717) is 0 Å². The minimum absolute atomic E-state index is 0.132. The summed E-state index contributed by atoms with van der Waals surface area (Å²) >= 11 is 0. The summed E-state index contributed by atoms with van der Waals surface area (Å²) in [5, 5.41) is 181. The SMILES string of the molecule is CCC1O[C@@H](OC2[C@@H](OCC3O[C@H](OCC4O[C@@H](ON)C(O)[C@@H](O[C@@H]5OC(CO)[C@@H](O)[C@H](O)C5O[C@H]5OC(COP(=O)(O)O)[C@@H](O)[C@H](O)C5O)[C@@H]4O)C(O)[C@@H](O)[C@@H]3O)OC(CO)[C@@H](O)[C@@H]2O)C(O)[C@@H](O)[C@@H]1O. The lowest BCUT2D eigenvalue weighted by Crippen LogP contribution is -2.67. The standard InChI is InChI=1S/C37H66NO33P/c1-2-8-14(41)20(47)26(53)33(62-8)69-30-23(50)15(42)9(3-39)63-36(30)60-5-11-17(44)21(48)25(52)32(65-11)59-6-12-19(46)29(28(55)35(67-12)71-38)68-37-31(24(51)16(43)10(4-40)64-37)70-34-27(54)22(49)18(45)13(66-34)7-61-72(56,57)58/h8-37,39-55H,2-7,38H2,1H3,(H2,56,57,58)/t8?,9?,10?,11?,12?,13?,14-,15-,16-,17-,18-,19-,20+,21+,22+,23+,24+,25?,26?,27?,28?,29+,30?,31?,32+,33+,34-,35+,36+,37+/m1/s1. The fourth-order valence-electron chi connectivity index (χ4n) is 8.70. The Morgan fingerprint density at radius 1 is 0.389 bits per heavy atom. The maximum atomic E-state index is 11.5. The minimum atomic E-state index is -5.18. The molecule has 0 amide bonds. The van der Waals surface area contributed by atoms with Gasteiger partial charge in [0.05, 0.1) is 39.1 Å². The van der Waals surface area contributed by atoms with E-state index in [-0.39, 0.29) is 6.42 Å². The summed E-state index contributed by atoms with van der Waals surface area (Å²) in [5.74, 6) is 5.35. The van der Waals surface area contributed by atoms with Gasteiger partial charge in [0, 0.05) is 0 Å². The number of nitrogens with two attached hydrogens (primary N) is 1. The van der Waals surface area contributed by atoms with E-state index in [1.165, 1.54) is 0 Å². The highest BCUT2D eigenvalue weighted by atomic mass is 31.2. The molecular weight excluding hydrogens is 1020 g/mol. The second kappa shape index (κ2) is 25.6. The van der Waals surface area contributed by atoms with E-state index < -0.39 is 225 Å². The molecule has 6 heterocycles. The quantitative estimate of drug-likeness (QED) is 0.0422. The first kappa shape index (κ1) is 60.1. The molecule has 6 fully saturated rings. The molecule has 6 saturated heterocycles. The molecule has 6 aliphatic rings. The molecule has 6 aliphatic heterocycles. The molecule has 21 N–H and O–H groups in total. The summed E-state index contributed by atoms with van der Waals surface area (Å²) in [6, 6.07) is 0. The predicted octanol–water partition coefficient (Wildman–Crippen LogP) is -12.7. The number of aliphatic hydroxyl groups is 17. The van der Waals surface area contributed by atoms with Crippen molar-refractivity contribution in [3.05, 3.63) is 0 Å². The van der Waals surface area contributed by atoms with Crippen LogP contribution in [0.5, 0.6) is 0 Å². The first-order valence-corrected chi connectivity index (χ1v) is 24.0. The van der Waals surface area contributed by atoms with Crippen LogP contribution in [-0.4, -0.2) is 314 Å². The molecule has 30 atom stereocenters. The Bertz CT molecular complexity index is 1710. The molecule has 422 valence electrons. The highest BCUT2D eigenvalue weighted by molar-refractivity contribution is 7.46. The molecule has 0 aromatic carbocycles. The number of ether oxygens (including phenoxy) is 11. The van der Waals surface area contributed by atoms with Crippen molar-refractivity contribution < 1.29 is 163 Å². The molecule has 0 bridgehead atoms. The Morgan fingerprint density at radius 3 is 1.24 bits per heavy atom. The molecular formula is C37H66NO33P. The van der Waals surface area contributed by atoms with Crippen LogP contribution in [0.2, 0.25) is 0 Å². The second-order valence-electron chi connectivity index (χ2n) is 17.8. The molecule has 0 saturated carbocycles. The van der Waals surface area contributed by atoms with Gasteiger partial charge in [0.1, 0.15) is 140 Å². The Balaban J connectivity index is 1.14. The molecule has 0 aromatic heterocycles. The van der Waals surface area contributed by atoms with Gasteiger partial charge in [-0.3, -0.25) is 9.36 Å². The summed E-state index contributed by atoms with van der Waals surface area (Å²) in [6.45, 7) is -3.05. The third kappa shape index (κ3) is 13.2. The Labute approximate surface area is 406 Å². The lowest BCUT2D eigenvalue weighted by Gasteiger charge is -2.48. The van der Waals surface area contributed by atoms with Crippen LogP contribution in [-0.2, 0) is 66.0 Å². The van der Waals surface area contributed by atoms with Crippen molar-refractivity contribution in [3.63, 3.8) is 0 Å². The summed E-state index contributed by atoms with van der Waals surface area (Å²) in [4.78, 5) is 22.9. The topological polar surface area (TPSA) is 547 Å². The van der Waals surface area contributed by atoms with E-state index in [1.54, 1.807) is 6.92 Å². The van der Waals surface area contributed by atoms with E-state index >= 15 is 0 Å². The van der Waals surface area contributed by atoms with Gasteiger partial charge < -0.3 is 149 Å². The molecule has 72 heavy (non-hydrogen) atoms. The van der Waals surface area contributed by atoms with Crippen LogP contribution in [0.15, 0.2) is 0 Å². The number of hydrogen-bond acceptors (Lipinski definition) is 32. The van der Waals surface area contributed by atoms with Gasteiger partial charge in [-0.05, 0) is 6.42 Å². The van der Waals surface area contributed by atoms with Crippen molar-refractivity contribution in [3.8, 4) is 0 Å². The summed E-state index contributed by atoms with van der Waals surface area (Å²) in [7, 11) is -5.18. The van der Waals surface area contributed by atoms with Crippen molar-refractivity contribution in [2.24, 2.45) is 5.90 Å². The molecule has 0 radical (unpaired) electrons. The van der Waals surface area contributed by atoms with Crippen molar-refractivity contribution in [1.82, 2.24) is 0 Å². The fraction of sp³-hybridized carbons (Fsp3) is 1.00. The molecule has 34 nitrogen and oxygen atoms in total. The monoisotopic (exact) mass is 1080 g/mol. The summed E-state index contributed by atoms with van der Waals surface area (Å²) < 4.78 is 77.5. The van der Waals surface area contributed by atoms with Gasteiger partial charge in [-0.15, -0.1) is 0 Å². The van der Waals surface area contributed by atoms with E-state index in [4.69, 9.17) is 72.6 Å². The van der Waals surface area contributed by atoms with E-state index in [1.807, 2.05) is 0 Å². The molecule has 0 aromatic rings. The molecule has 0 aliphatic carbocycles. The van der Waals surface area contributed by atoms with Gasteiger partial charge in [-0.1, -0.05) is 6.92 Å². The fourth-order valence-corrected chi connectivity index (χ4v) is 9.04. The first-order chi connectivity index (χ1) is 33.9. The Hall–Kier alpha value is -1.09. The molecule has 35 heteroatoms. The normalized spacial score (nSPS) is 50.7. The van der Waals surface area contributed by atoms with Crippen LogP contribution >= 0.6 is 7.82 Å². The number of phosphoric ester groups is 1. The van der Waals surface area contributed by atoms with Gasteiger partial charge in [0.25, 0.3) is 0 Å². The van der Waals surface area contributed by atoms with Gasteiger partial charge in [0.2, 0.25) is 6.29 Å². The zero-order valence-corrected chi connectivity index (χ0v) is 38.7. The zero-order chi connectivity index (χ0) is 53.3. The van der Waals surface area contributed by atoms with Crippen LogP contribution in [0.1, 0.15) is 13.3 Å². The number of hydrogen-bond donors (Lipinski definition) is 20. The molecule has 0 spiro atoms. The van der Waals surface area contributed by atoms with Gasteiger partial charge in [-0.2, -0.15) is 0 Å². The van der Waals surface area contributed by atoms with Crippen molar-refractivity contribution in [1.29, 1.82) is 0 Å². The summed E-state index contributed by atoms with van der Waals surface area (Å²) in [5.41, 5.74) is 0. The maximum absolute atomic E-state index is 11.5. The average Bonchev–Trinajstić information content (AvgIpc) is 3.35. The van der Waals surface area contributed by atoms with Gasteiger partial charge in [0.15, 0.2) is 31.5 Å². The highest BCUT2D eigenvalue weighted by Crippen LogP contribution is 2.39. The predicted molar refractivity (Wildman–Crippen MR) is 216 cm³/mol. The lowest BCUT2D eigenvalue weighted by molar-refractivity contribution is -0.391. The zero-order valence-electron chi connectivity index (χ0n) is 37.8. The van der Waals surface area contributed by atoms with E-state index in [0.717, 1.165) is 0 Å². The van der Waals surface area contributed by atoms with Crippen molar-refractivity contribution in [2.45, 2.75) is 198 Å². The van der Waals surface area contributed by atoms with Gasteiger partial charge >= 0.3 is 7.82 Å². The van der Waals surface area contributed by atoms with Gasteiger partial charge in [-0.25, -0.2) is 10.5 Å². The lowest BCUT2D eigenvalue weighted by atomic mass is 9.96. The van der Waals surface area contributed by atoms with Crippen LogP contribution in [0, 0.1) is 0 Å². The Morgan fingerprint density at radius 2 is 0.750 bits per heavy atom. The van der Waals surface area contributed by atoms with Crippen LogP contribution in [0.4, 0.5) is 0 Å². The van der Waals surface area contributed by atoms with Crippen LogP contribution < -0.4 is 5.90 Å². The van der Waals surface area contributed by atoms with Crippen molar-refractivity contribution >= 4 is 7.82 Å². The number of rotatable bonds is 19. The summed E-state index contributed by atoms with van der Waals surface area (Å²) in [6.07, 6.45) is -56.6. The van der Waals surface area contributed by atoms with Crippen molar-refractivity contribution in [2.75, 3.05) is 33.0 Å². The molecule has 6 rings (SSSR count). The highest BCUT2D eigenvalue weighted by Gasteiger charge is 2.56. The van der Waals surface area contributed by atoms with E-state index in [9.17, 15) is 91.4 Å². The number of aliphatic hydroxyl groups excluding tert-OH is 17. The largest absolute Gasteiger partial charge is 0.469 e. The van der Waals surface area contributed by atoms with E-state index in [2.05, 4.69) is 4.52 Å². The van der Waals surface area contributed by atoms with Crippen LogP contribution in [0.3, 0.4) is 0 Å². The average molecular weight is 1080 g/mol. The maximum Gasteiger partial charge on any atom is 0.469 e. The van der Waals surface area contributed by atoms with Crippen LogP contribution in [0.25, 0.3) is 0 Å².